The Labute approximate surface area is 134 Å². The van der Waals surface area contributed by atoms with Crippen LogP contribution in [-0.2, 0) is 12.2 Å². The molecule has 3 rings (SSSR count). The van der Waals surface area contributed by atoms with Crippen molar-refractivity contribution in [2.75, 3.05) is 12.8 Å². The van der Waals surface area contributed by atoms with Gasteiger partial charge in [-0.25, -0.2) is 9.97 Å². The molecule has 1 N–H and O–H groups in total. The van der Waals surface area contributed by atoms with E-state index in [1.807, 2.05) is 16.0 Å². The number of nitrogens with zero attached hydrogens (tertiary/aromatic N) is 3. The average molecular weight is 338 g/mol. The van der Waals surface area contributed by atoms with E-state index in [-0.39, 0.29) is 5.91 Å². The van der Waals surface area contributed by atoms with Crippen molar-refractivity contribution in [1.29, 1.82) is 0 Å². The van der Waals surface area contributed by atoms with Crippen LogP contribution in [0.5, 0.6) is 0 Å². The van der Waals surface area contributed by atoms with Gasteiger partial charge in [-0.15, -0.1) is 22.7 Å². The van der Waals surface area contributed by atoms with Gasteiger partial charge in [0.1, 0.15) is 10.7 Å². The highest BCUT2D eigenvalue weighted by Crippen LogP contribution is 2.15. The van der Waals surface area contributed by atoms with Crippen molar-refractivity contribution in [2.24, 2.45) is 0 Å². The number of rotatable bonds is 6. The van der Waals surface area contributed by atoms with Gasteiger partial charge in [0.15, 0.2) is 4.96 Å². The molecule has 0 aliphatic carbocycles. The number of thioether (sulfide) groups is 1. The molecule has 0 bridgehead atoms. The van der Waals surface area contributed by atoms with Crippen molar-refractivity contribution < 1.29 is 4.79 Å². The number of imidazole rings is 1. The van der Waals surface area contributed by atoms with Crippen LogP contribution in [0.1, 0.15) is 21.2 Å². The van der Waals surface area contributed by atoms with Gasteiger partial charge in [-0.3, -0.25) is 9.20 Å². The lowest BCUT2D eigenvalue weighted by Crippen LogP contribution is -2.26. The number of carbonyl (C=O) groups is 1. The fraction of sp³-hybridized carbons (Fsp3) is 0.308. The average Bonchev–Trinajstić information content (AvgIpc) is 3.13. The van der Waals surface area contributed by atoms with E-state index in [0.29, 0.717) is 12.2 Å². The molecule has 3 aromatic rings. The minimum absolute atomic E-state index is 0.134. The first-order valence-electron chi connectivity index (χ1n) is 6.39. The van der Waals surface area contributed by atoms with Gasteiger partial charge in [-0.2, -0.15) is 11.8 Å². The number of amides is 1. The summed E-state index contributed by atoms with van der Waals surface area (Å²) in [7, 11) is 0. The number of fused-ring (bicyclic) bond motifs is 1. The molecule has 0 saturated heterocycles. The number of hydrogen-bond donors (Lipinski definition) is 1. The maximum atomic E-state index is 12.0. The minimum Gasteiger partial charge on any atom is -0.350 e. The van der Waals surface area contributed by atoms with E-state index in [9.17, 15) is 4.79 Å². The van der Waals surface area contributed by atoms with Crippen LogP contribution in [-0.4, -0.2) is 33.1 Å². The Hall–Kier alpha value is -1.38. The van der Waals surface area contributed by atoms with Crippen LogP contribution in [0, 0.1) is 0 Å². The fourth-order valence-corrected chi connectivity index (χ4v) is 4.13. The Balaban J connectivity index is 1.52. The highest BCUT2D eigenvalue weighted by molar-refractivity contribution is 7.97. The van der Waals surface area contributed by atoms with Crippen molar-refractivity contribution in [2.45, 2.75) is 12.2 Å². The van der Waals surface area contributed by atoms with E-state index in [1.165, 1.54) is 11.3 Å². The second kappa shape index (κ2) is 6.59. The van der Waals surface area contributed by atoms with Crippen molar-refractivity contribution in [3.05, 3.63) is 39.5 Å². The summed E-state index contributed by atoms with van der Waals surface area (Å²) in [6.07, 6.45) is 6.46. The summed E-state index contributed by atoms with van der Waals surface area (Å²) in [5.74, 6) is 0.813. The highest BCUT2D eigenvalue weighted by Gasteiger charge is 2.11. The third kappa shape index (κ3) is 3.45. The fourth-order valence-electron chi connectivity index (χ4n) is 1.89. The highest BCUT2D eigenvalue weighted by atomic mass is 32.2. The first kappa shape index (κ1) is 14.6. The standard InChI is InChI=1S/C13H14N4OS3/c1-19-8-11-15-9(7-21-11)2-3-14-12(18)10-6-17-4-5-20-13(17)16-10/h4-7H,2-3,8H2,1H3,(H,14,18). The molecule has 0 radical (unpaired) electrons. The maximum Gasteiger partial charge on any atom is 0.271 e. The molecule has 0 spiro atoms. The summed E-state index contributed by atoms with van der Waals surface area (Å²) in [6, 6.07) is 0. The van der Waals surface area contributed by atoms with Crippen molar-refractivity contribution >= 4 is 45.3 Å². The molecule has 0 aliphatic rings. The van der Waals surface area contributed by atoms with E-state index < -0.39 is 0 Å². The molecular weight excluding hydrogens is 324 g/mol. The Bertz CT molecular complexity index is 717. The number of nitrogens with one attached hydrogen (secondary N) is 1. The molecule has 110 valence electrons. The van der Waals surface area contributed by atoms with Gasteiger partial charge < -0.3 is 5.32 Å². The quantitative estimate of drug-likeness (QED) is 0.751. The van der Waals surface area contributed by atoms with Crippen LogP contribution in [0.25, 0.3) is 4.96 Å². The van der Waals surface area contributed by atoms with E-state index in [2.05, 4.69) is 26.9 Å². The summed E-state index contributed by atoms with van der Waals surface area (Å²) in [6.45, 7) is 0.576. The number of carbonyl (C=O) groups excluding carboxylic acids is 1. The van der Waals surface area contributed by atoms with Gasteiger partial charge >= 0.3 is 0 Å². The van der Waals surface area contributed by atoms with Gasteiger partial charge in [-0.05, 0) is 6.26 Å². The number of hydrogen-bond acceptors (Lipinski definition) is 6. The monoisotopic (exact) mass is 338 g/mol. The van der Waals surface area contributed by atoms with Crippen LogP contribution in [0.2, 0.25) is 0 Å². The normalized spacial score (nSPS) is 11.1. The van der Waals surface area contributed by atoms with Crippen LogP contribution in [0.4, 0.5) is 0 Å². The van der Waals surface area contributed by atoms with Gasteiger partial charge in [0.05, 0.1) is 5.69 Å². The lowest BCUT2D eigenvalue weighted by Gasteiger charge is -2.00. The van der Waals surface area contributed by atoms with E-state index in [4.69, 9.17) is 0 Å². The largest absolute Gasteiger partial charge is 0.350 e. The van der Waals surface area contributed by atoms with Gasteiger partial charge in [0, 0.05) is 41.9 Å². The van der Waals surface area contributed by atoms with Crippen molar-refractivity contribution in [1.82, 2.24) is 19.7 Å². The first-order valence-corrected chi connectivity index (χ1v) is 9.54. The molecule has 3 heterocycles. The molecule has 0 saturated carbocycles. The molecule has 0 aromatic carbocycles. The minimum atomic E-state index is -0.134. The SMILES string of the molecule is CSCc1nc(CCNC(=O)c2cn3ccsc3n2)cs1. The molecular formula is C13H14N4OS3. The zero-order chi connectivity index (χ0) is 14.7. The summed E-state index contributed by atoms with van der Waals surface area (Å²) >= 11 is 4.95. The molecule has 0 fully saturated rings. The molecule has 0 atom stereocenters. The van der Waals surface area contributed by atoms with Gasteiger partial charge in [0.25, 0.3) is 5.91 Å². The third-order valence-corrected chi connectivity index (χ3v) is 5.27. The predicted molar refractivity (Wildman–Crippen MR) is 88.4 cm³/mol. The van der Waals surface area contributed by atoms with Gasteiger partial charge in [-0.1, -0.05) is 0 Å². The van der Waals surface area contributed by atoms with Crippen molar-refractivity contribution in [3.63, 3.8) is 0 Å². The lowest BCUT2D eigenvalue weighted by molar-refractivity contribution is 0.0949. The Morgan fingerprint density at radius 2 is 2.33 bits per heavy atom. The topological polar surface area (TPSA) is 59.3 Å². The molecule has 3 aromatic heterocycles. The molecule has 5 nitrogen and oxygen atoms in total. The lowest BCUT2D eigenvalue weighted by atomic mass is 10.3. The molecule has 0 aliphatic heterocycles. The summed E-state index contributed by atoms with van der Waals surface area (Å²) in [5.41, 5.74) is 1.50. The molecule has 21 heavy (non-hydrogen) atoms. The summed E-state index contributed by atoms with van der Waals surface area (Å²) < 4.78 is 1.86. The Morgan fingerprint density at radius 1 is 1.43 bits per heavy atom. The second-order valence-electron chi connectivity index (χ2n) is 4.39. The summed E-state index contributed by atoms with van der Waals surface area (Å²) in [4.78, 5) is 21.6. The first-order chi connectivity index (χ1) is 10.3. The van der Waals surface area contributed by atoms with Crippen LogP contribution in [0.15, 0.2) is 23.2 Å². The smallest absolute Gasteiger partial charge is 0.271 e. The molecule has 1 amide bonds. The van der Waals surface area contributed by atoms with Crippen LogP contribution in [0.3, 0.4) is 0 Å². The van der Waals surface area contributed by atoms with E-state index >= 15 is 0 Å². The third-order valence-electron chi connectivity index (χ3n) is 2.86. The van der Waals surface area contributed by atoms with E-state index in [1.54, 1.807) is 29.3 Å². The van der Waals surface area contributed by atoms with Gasteiger partial charge in [0.2, 0.25) is 0 Å². The van der Waals surface area contributed by atoms with Crippen LogP contribution < -0.4 is 5.32 Å². The number of thiazole rings is 2. The van der Waals surface area contributed by atoms with Crippen LogP contribution >= 0.6 is 34.4 Å². The maximum absolute atomic E-state index is 12.0. The summed E-state index contributed by atoms with van der Waals surface area (Å²) in [5, 5.41) is 8.03. The van der Waals surface area contributed by atoms with E-state index in [0.717, 1.165) is 27.8 Å². The molecule has 0 unspecified atom stereocenters. The molecule has 8 heteroatoms. The predicted octanol–water partition coefficient (Wildman–Crippen LogP) is 2.69. The number of aromatic nitrogens is 3. The Morgan fingerprint density at radius 3 is 3.14 bits per heavy atom. The van der Waals surface area contributed by atoms with Crippen molar-refractivity contribution in [3.8, 4) is 0 Å². The zero-order valence-corrected chi connectivity index (χ0v) is 13.9. The second-order valence-corrected chi connectivity index (χ2v) is 7.07. The Kier molecular flexibility index (Phi) is 4.57. The zero-order valence-electron chi connectivity index (χ0n) is 11.4.